The number of nitriles is 1. The highest BCUT2D eigenvalue weighted by Crippen LogP contribution is 2.15. The van der Waals surface area contributed by atoms with Crippen LogP contribution in [0, 0.1) is 17.1 Å². The lowest BCUT2D eigenvalue weighted by atomic mass is 10.2. The zero-order chi connectivity index (χ0) is 15.2. The van der Waals surface area contributed by atoms with E-state index in [2.05, 4.69) is 5.32 Å². The number of hydrogen-bond donors (Lipinski definition) is 1. The Balaban J connectivity index is 1.97. The van der Waals surface area contributed by atoms with Crippen molar-refractivity contribution in [2.75, 3.05) is 5.32 Å². The number of hydrogen-bond acceptors (Lipinski definition) is 3. The number of benzene rings is 2. The Morgan fingerprint density at radius 2 is 2.00 bits per heavy atom. The molecule has 0 aromatic heterocycles. The molecule has 0 spiro atoms. The Hall–Kier alpha value is -2.87. The Labute approximate surface area is 121 Å². The Morgan fingerprint density at radius 1 is 1.29 bits per heavy atom. The minimum Gasteiger partial charge on any atom is -0.481 e. The molecule has 1 atom stereocenters. The van der Waals surface area contributed by atoms with Crippen LogP contribution in [0.2, 0.25) is 0 Å². The van der Waals surface area contributed by atoms with Gasteiger partial charge in [0.1, 0.15) is 11.6 Å². The number of ether oxygens (including phenoxy) is 1. The van der Waals surface area contributed by atoms with Crippen LogP contribution < -0.4 is 10.1 Å². The van der Waals surface area contributed by atoms with E-state index in [1.807, 2.05) is 6.07 Å². The van der Waals surface area contributed by atoms with Crippen LogP contribution in [0.25, 0.3) is 0 Å². The summed E-state index contributed by atoms with van der Waals surface area (Å²) in [5, 5.41) is 11.3. The predicted octanol–water partition coefficient (Wildman–Crippen LogP) is 3.10. The normalized spacial score (nSPS) is 11.3. The molecule has 21 heavy (non-hydrogen) atoms. The molecular weight excluding hydrogens is 271 g/mol. The topological polar surface area (TPSA) is 62.1 Å². The second-order valence-corrected chi connectivity index (χ2v) is 4.40. The molecule has 0 saturated heterocycles. The fourth-order valence-electron chi connectivity index (χ4n) is 1.68. The maximum absolute atomic E-state index is 13.0. The molecule has 2 aromatic carbocycles. The quantitative estimate of drug-likeness (QED) is 0.938. The molecule has 0 bridgehead atoms. The van der Waals surface area contributed by atoms with Crippen LogP contribution in [-0.4, -0.2) is 12.0 Å². The van der Waals surface area contributed by atoms with Gasteiger partial charge in [0, 0.05) is 5.69 Å². The van der Waals surface area contributed by atoms with Crippen molar-refractivity contribution in [3.63, 3.8) is 0 Å². The summed E-state index contributed by atoms with van der Waals surface area (Å²) >= 11 is 0. The van der Waals surface area contributed by atoms with E-state index >= 15 is 0 Å². The van der Waals surface area contributed by atoms with E-state index in [4.69, 9.17) is 10.00 Å². The van der Waals surface area contributed by atoms with Crippen molar-refractivity contribution in [2.45, 2.75) is 13.0 Å². The average Bonchev–Trinajstić information content (AvgIpc) is 2.48. The van der Waals surface area contributed by atoms with Gasteiger partial charge in [-0.2, -0.15) is 5.26 Å². The van der Waals surface area contributed by atoms with E-state index in [9.17, 15) is 9.18 Å². The number of anilines is 1. The molecule has 0 aliphatic heterocycles. The van der Waals surface area contributed by atoms with Gasteiger partial charge in [-0.05, 0) is 49.4 Å². The van der Waals surface area contributed by atoms with Crippen molar-refractivity contribution in [2.24, 2.45) is 0 Å². The third-order valence-corrected chi connectivity index (χ3v) is 2.76. The van der Waals surface area contributed by atoms with Crippen molar-refractivity contribution in [1.29, 1.82) is 5.26 Å². The molecule has 0 radical (unpaired) electrons. The summed E-state index contributed by atoms with van der Waals surface area (Å²) in [4.78, 5) is 11.9. The highest BCUT2D eigenvalue weighted by Gasteiger charge is 2.15. The van der Waals surface area contributed by atoms with Gasteiger partial charge in [0.25, 0.3) is 5.91 Å². The SMILES string of the molecule is C[C@H](Oc1ccc(C#N)cc1)C(=O)Nc1cccc(F)c1. The largest absolute Gasteiger partial charge is 0.481 e. The van der Waals surface area contributed by atoms with Crippen LogP contribution in [0.15, 0.2) is 48.5 Å². The summed E-state index contributed by atoms with van der Waals surface area (Å²) in [6.45, 7) is 1.59. The summed E-state index contributed by atoms with van der Waals surface area (Å²) in [7, 11) is 0. The Morgan fingerprint density at radius 3 is 2.62 bits per heavy atom. The van der Waals surface area contributed by atoms with Crippen LogP contribution in [0.1, 0.15) is 12.5 Å². The molecule has 0 heterocycles. The van der Waals surface area contributed by atoms with E-state index in [0.29, 0.717) is 17.0 Å². The van der Waals surface area contributed by atoms with Gasteiger partial charge in [-0.25, -0.2) is 4.39 Å². The third-order valence-electron chi connectivity index (χ3n) is 2.76. The molecule has 2 aromatic rings. The maximum Gasteiger partial charge on any atom is 0.265 e. The first kappa shape index (κ1) is 14.5. The first-order chi connectivity index (χ1) is 10.1. The van der Waals surface area contributed by atoms with Crippen molar-refractivity contribution in [1.82, 2.24) is 0 Å². The number of nitrogens with zero attached hydrogens (tertiary/aromatic N) is 1. The second kappa shape index (κ2) is 6.53. The van der Waals surface area contributed by atoms with Gasteiger partial charge in [-0.15, -0.1) is 0 Å². The van der Waals surface area contributed by atoms with Crippen molar-refractivity contribution < 1.29 is 13.9 Å². The van der Waals surface area contributed by atoms with Gasteiger partial charge >= 0.3 is 0 Å². The summed E-state index contributed by atoms with van der Waals surface area (Å²) in [6.07, 6.45) is -0.749. The van der Waals surface area contributed by atoms with Gasteiger partial charge in [-0.1, -0.05) is 6.07 Å². The molecule has 0 fully saturated rings. The summed E-state index contributed by atoms with van der Waals surface area (Å²) in [6, 6.07) is 14.1. The monoisotopic (exact) mass is 284 g/mol. The zero-order valence-electron chi connectivity index (χ0n) is 11.3. The molecule has 0 aliphatic rings. The third kappa shape index (κ3) is 4.05. The van der Waals surface area contributed by atoms with Crippen LogP contribution >= 0.6 is 0 Å². The first-order valence-corrected chi connectivity index (χ1v) is 6.32. The van der Waals surface area contributed by atoms with Gasteiger partial charge in [-0.3, -0.25) is 4.79 Å². The lowest BCUT2D eigenvalue weighted by Crippen LogP contribution is -2.30. The van der Waals surface area contributed by atoms with Crippen LogP contribution in [0.4, 0.5) is 10.1 Å². The van der Waals surface area contributed by atoms with Gasteiger partial charge < -0.3 is 10.1 Å². The second-order valence-electron chi connectivity index (χ2n) is 4.40. The van der Waals surface area contributed by atoms with E-state index < -0.39 is 11.9 Å². The first-order valence-electron chi connectivity index (χ1n) is 6.32. The Kier molecular flexibility index (Phi) is 4.52. The molecule has 2 rings (SSSR count). The fourth-order valence-corrected chi connectivity index (χ4v) is 1.68. The van der Waals surface area contributed by atoms with Crippen molar-refractivity contribution >= 4 is 11.6 Å². The number of rotatable bonds is 4. The standard InChI is InChI=1S/C16H13FN2O2/c1-11(21-15-7-5-12(10-18)6-8-15)16(20)19-14-4-2-3-13(17)9-14/h2-9,11H,1H3,(H,19,20)/t11-/m0/s1. The average molecular weight is 284 g/mol. The van der Waals surface area contributed by atoms with E-state index in [1.165, 1.54) is 18.2 Å². The van der Waals surface area contributed by atoms with Gasteiger partial charge in [0.15, 0.2) is 6.10 Å². The minimum atomic E-state index is -0.749. The molecule has 106 valence electrons. The molecule has 1 amide bonds. The maximum atomic E-state index is 13.0. The van der Waals surface area contributed by atoms with E-state index in [-0.39, 0.29) is 5.91 Å². The predicted molar refractivity (Wildman–Crippen MR) is 76.3 cm³/mol. The lowest BCUT2D eigenvalue weighted by Gasteiger charge is -2.14. The number of carbonyl (C=O) groups is 1. The summed E-state index contributed by atoms with van der Waals surface area (Å²) < 4.78 is 18.5. The van der Waals surface area contributed by atoms with Crippen LogP contribution in [0.3, 0.4) is 0 Å². The molecule has 0 aliphatic carbocycles. The fraction of sp³-hybridized carbons (Fsp3) is 0.125. The van der Waals surface area contributed by atoms with Crippen molar-refractivity contribution in [3.05, 3.63) is 59.9 Å². The molecule has 5 heteroatoms. The van der Waals surface area contributed by atoms with Crippen molar-refractivity contribution in [3.8, 4) is 11.8 Å². The minimum absolute atomic E-state index is 0.371. The van der Waals surface area contributed by atoms with E-state index in [1.54, 1.807) is 37.3 Å². The smallest absolute Gasteiger partial charge is 0.265 e. The Bertz CT molecular complexity index is 677. The number of halogens is 1. The number of carbonyl (C=O) groups excluding carboxylic acids is 1. The molecular formula is C16H13FN2O2. The lowest BCUT2D eigenvalue weighted by molar-refractivity contribution is -0.122. The highest BCUT2D eigenvalue weighted by atomic mass is 19.1. The summed E-state index contributed by atoms with van der Waals surface area (Å²) in [5.41, 5.74) is 0.884. The van der Waals surface area contributed by atoms with E-state index in [0.717, 1.165) is 0 Å². The molecule has 4 nitrogen and oxygen atoms in total. The highest BCUT2D eigenvalue weighted by molar-refractivity contribution is 5.94. The van der Waals surface area contributed by atoms with Gasteiger partial charge in [0.05, 0.1) is 11.6 Å². The molecule has 1 N–H and O–H groups in total. The van der Waals surface area contributed by atoms with Crippen LogP contribution in [0.5, 0.6) is 5.75 Å². The number of amides is 1. The van der Waals surface area contributed by atoms with Gasteiger partial charge in [0.2, 0.25) is 0 Å². The van der Waals surface area contributed by atoms with Crippen LogP contribution in [-0.2, 0) is 4.79 Å². The molecule has 0 saturated carbocycles. The number of nitrogens with one attached hydrogen (secondary N) is 1. The zero-order valence-corrected chi connectivity index (χ0v) is 11.3. The summed E-state index contributed by atoms with van der Waals surface area (Å²) in [5.74, 6) is -0.325. The molecule has 0 unspecified atom stereocenters.